The van der Waals surface area contributed by atoms with Gasteiger partial charge in [0.2, 0.25) is 0 Å². The van der Waals surface area contributed by atoms with Gasteiger partial charge in [0.1, 0.15) is 0 Å². The van der Waals surface area contributed by atoms with Crippen molar-refractivity contribution >= 4 is 10.9 Å². The Morgan fingerprint density at radius 1 is 1.10 bits per heavy atom. The molecule has 1 N–H and O–H groups in total. The van der Waals surface area contributed by atoms with Crippen molar-refractivity contribution < 1.29 is 0 Å². The first kappa shape index (κ1) is 13.7. The maximum Gasteiger partial charge on any atom is 0.0766 e. The average molecular weight is 277 g/mol. The van der Waals surface area contributed by atoms with Crippen molar-refractivity contribution in [3.05, 3.63) is 71.7 Å². The molecule has 3 aromatic rings. The molecule has 0 spiro atoms. The summed E-state index contributed by atoms with van der Waals surface area (Å²) in [5.41, 5.74) is 4.37. The van der Waals surface area contributed by atoms with Crippen LogP contribution < -0.4 is 5.32 Å². The van der Waals surface area contributed by atoms with Gasteiger partial charge in [0.25, 0.3) is 0 Å². The van der Waals surface area contributed by atoms with Gasteiger partial charge in [-0.2, -0.15) is 0 Å². The highest BCUT2D eigenvalue weighted by molar-refractivity contribution is 5.78. The molecule has 2 heterocycles. The van der Waals surface area contributed by atoms with E-state index in [0.717, 1.165) is 28.9 Å². The lowest BCUT2D eigenvalue weighted by atomic mass is 10.0. The zero-order valence-corrected chi connectivity index (χ0v) is 12.4. The maximum absolute atomic E-state index is 4.81. The van der Waals surface area contributed by atoms with Crippen LogP contribution in [0.4, 0.5) is 0 Å². The van der Waals surface area contributed by atoms with E-state index in [1.165, 1.54) is 5.39 Å². The fourth-order valence-corrected chi connectivity index (χ4v) is 2.58. The Hall–Kier alpha value is -2.26. The Labute approximate surface area is 125 Å². The van der Waals surface area contributed by atoms with Crippen molar-refractivity contribution in [2.75, 3.05) is 6.54 Å². The van der Waals surface area contributed by atoms with Crippen LogP contribution >= 0.6 is 0 Å². The van der Waals surface area contributed by atoms with Crippen LogP contribution in [0, 0.1) is 6.92 Å². The van der Waals surface area contributed by atoms with Crippen molar-refractivity contribution in [2.24, 2.45) is 0 Å². The van der Waals surface area contributed by atoms with Crippen LogP contribution in [-0.4, -0.2) is 16.5 Å². The van der Waals surface area contributed by atoms with Gasteiger partial charge in [0.15, 0.2) is 0 Å². The summed E-state index contributed by atoms with van der Waals surface area (Å²) in [6.07, 6.45) is 3.79. The third-order valence-corrected chi connectivity index (χ3v) is 3.55. The van der Waals surface area contributed by atoms with Crippen LogP contribution in [0.5, 0.6) is 0 Å². The van der Waals surface area contributed by atoms with Gasteiger partial charge < -0.3 is 5.32 Å². The summed E-state index contributed by atoms with van der Waals surface area (Å²) in [6.45, 7) is 5.05. The van der Waals surface area contributed by atoms with E-state index in [-0.39, 0.29) is 6.04 Å². The first-order chi connectivity index (χ1) is 10.3. The molecule has 0 saturated carbocycles. The largest absolute Gasteiger partial charge is 0.305 e. The molecule has 0 bridgehead atoms. The predicted molar refractivity (Wildman–Crippen MR) is 86.2 cm³/mol. The van der Waals surface area contributed by atoms with E-state index in [1.54, 1.807) is 0 Å². The monoisotopic (exact) mass is 277 g/mol. The number of pyridine rings is 2. The Morgan fingerprint density at radius 3 is 2.76 bits per heavy atom. The summed E-state index contributed by atoms with van der Waals surface area (Å²) in [6, 6.07) is 14.7. The molecule has 0 radical (unpaired) electrons. The summed E-state index contributed by atoms with van der Waals surface area (Å²) in [5, 5.41) is 4.67. The molecule has 2 aromatic heterocycles. The van der Waals surface area contributed by atoms with Gasteiger partial charge in [0, 0.05) is 17.8 Å². The Kier molecular flexibility index (Phi) is 3.93. The zero-order chi connectivity index (χ0) is 14.7. The summed E-state index contributed by atoms with van der Waals surface area (Å²) >= 11 is 0. The minimum absolute atomic E-state index is 0.0759. The lowest BCUT2D eigenvalue weighted by Crippen LogP contribution is -2.23. The quantitative estimate of drug-likeness (QED) is 0.791. The van der Waals surface area contributed by atoms with Gasteiger partial charge in [-0.25, -0.2) is 0 Å². The summed E-state index contributed by atoms with van der Waals surface area (Å²) in [5.74, 6) is 0. The van der Waals surface area contributed by atoms with Crippen molar-refractivity contribution in [1.82, 2.24) is 15.3 Å². The molecule has 3 heteroatoms. The van der Waals surface area contributed by atoms with Gasteiger partial charge in [-0.15, -0.1) is 0 Å². The number of fused-ring (bicyclic) bond motifs is 1. The molecular formula is C18H19N3. The van der Waals surface area contributed by atoms with E-state index in [9.17, 15) is 0 Å². The molecule has 0 fully saturated rings. The Bertz CT molecular complexity index is 752. The van der Waals surface area contributed by atoms with Gasteiger partial charge in [0.05, 0.1) is 17.3 Å². The third-order valence-electron chi connectivity index (χ3n) is 3.55. The van der Waals surface area contributed by atoms with Crippen LogP contribution in [0.3, 0.4) is 0 Å². The van der Waals surface area contributed by atoms with Crippen LogP contribution in [0.1, 0.15) is 29.8 Å². The van der Waals surface area contributed by atoms with Crippen LogP contribution in [0.25, 0.3) is 10.9 Å². The molecule has 1 aromatic carbocycles. The number of aromatic nitrogens is 2. The third kappa shape index (κ3) is 2.93. The van der Waals surface area contributed by atoms with Gasteiger partial charge in [-0.1, -0.05) is 37.3 Å². The number of aryl methyl sites for hydroxylation is 1. The van der Waals surface area contributed by atoms with E-state index in [4.69, 9.17) is 4.98 Å². The number of nitrogens with zero attached hydrogens (tertiary/aromatic N) is 2. The lowest BCUT2D eigenvalue weighted by Gasteiger charge is -2.18. The van der Waals surface area contributed by atoms with Crippen LogP contribution in [0.15, 0.2) is 54.9 Å². The Morgan fingerprint density at radius 2 is 1.95 bits per heavy atom. The SMILES string of the molecule is CCNC(c1cncc(C)c1)c1ccc2ccccc2n1. The normalized spacial score (nSPS) is 12.5. The topological polar surface area (TPSA) is 37.8 Å². The average Bonchev–Trinajstić information content (AvgIpc) is 2.52. The maximum atomic E-state index is 4.81. The molecule has 3 rings (SSSR count). The molecule has 0 aliphatic rings. The Balaban J connectivity index is 2.06. The smallest absolute Gasteiger partial charge is 0.0766 e. The lowest BCUT2D eigenvalue weighted by molar-refractivity contribution is 0.615. The predicted octanol–water partition coefficient (Wildman–Crippen LogP) is 3.64. The minimum atomic E-state index is 0.0759. The van der Waals surface area contributed by atoms with Gasteiger partial charge >= 0.3 is 0 Å². The number of para-hydroxylation sites is 1. The molecule has 3 nitrogen and oxygen atoms in total. The van der Waals surface area contributed by atoms with Gasteiger partial charge in [-0.3, -0.25) is 9.97 Å². The van der Waals surface area contributed by atoms with Crippen LogP contribution in [-0.2, 0) is 0 Å². The highest BCUT2D eigenvalue weighted by atomic mass is 14.9. The highest BCUT2D eigenvalue weighted by Crippen LogP contribution is 2.23. The second-order valence-corrected chi connectivity index (χ2v) is 5.22. The molecule has 1 unspecified atom stereocenters. The van der Waals surface area contributed by atoms with Crippen LogP contribution in [0.2, 0.25) is 0 Å². The zero-order valence-electron chi connectivity index (χ0n) is 12.4. The number of hydrogen-bond donors (Lipinski definition) is 1. The van der Waals surface area contributed by atoms with E-state index < -0.39 is 0 Å². The van der Waals surface area contributed by atoms with E-state index in [1.807, 2.05) is 24.5 Å². The molecule has 1 atom stereocenters. The summed E-state index contributed by atoms with van der Waals surface area (Å²) < 4.78 is 0. The van der Waals surface area contributed by atoms with Gasteiger partial charge in [-0.05, 0) is 36.7 Å². The van der Waals surface area contributed by atoms with Crippen molar-refractivity contribution in [3.63, 3.8) is 0 Å². The standard InChI is InChI=1S/C18H19N3/c1-3-20-18(15-10-13(2)11-19-12-15)17-9-8-14-6-4-5-7-16(14)21-17/h4-12,18,20H,3H2,1-2H3. The van der Waals surface area contributed by atoms with E-state index in [2.05, 4.69) is 54.5 Å². The van der Waals surface area contributed by atoms with Crippen molar-refractivity contribution in [1.29, 1.82) is 0 Å². The fourth-order valence-electron chi connectivity index (χ4n) is 2.58. The highest BCUT2D eigenvalue weighted by Gasteiger charge is 2.15. The summed E-state index contributed by atoms with van der Waals surface area (Å²) in [4.78, 5) is 9.12. The second kappa shape index (κ2) is 6.02. The fraction of sp³-hybridized carbons (Fsp3) is 0.222. The molecule has 0 aliphatic heterocycles. The molecule has 0 amide bonds. The van der Waals surface area contributed by atoms with E-state index in [0.29, 0.717) is 0 Å². The van der Waals surface area contributed by atoms with Crippen molar-refractivity contribution in [3.8, 4) is 0 Å². The first-order valence-electron chi connectivity index (χ1n) is 7.28. The number of nitrogens with one attached hydrogen (secondary N) is 1. The number of hydrogen-bond acceptors (Lipinski definition) is 3. The number of benzene rings is 1. The molecule has 0 aliphatic carbocycles. The minimum Gasteiger partial charge on any atom is -0.305 e. The second-order valence-electron chi connectivity index (χ2n) is 5.22. The van der Waals surface area contributed by atoms with E-state index >= 15 is 0 Å². The molecule has 0 saturated heterocycles. The van der Waals surface area contributed by atoms with Crippen molar-refractivity contribution in [2.45, 2.75) is 19.9 Å². The molecular weight excluding hydrogens is 258 g/mol. The molecule has 21 heavy (non-hydrogen) atoms. The molecule has 106 valence electrons. The number of rotatable bonds is 4. The summed E-state index contributed by atoms with van der Waals surface area (Å²) in [7, 11) is 0. The first-order valence-corrected chi connectivity index (χ1v) is 7.28.